The van der Waals surface area contributed by atoms with Crippen molar-refractivity contribution in [2.45, 2.75) is 39.9 Å². The zero-order chi connectivity index (χ0) is 16.7. The largest absolute Gasteiger partial charge is 0.496 e. The number of carbonyl (C=O) groups excluding carboxylic acids is 2. The molecule has 22 heavy (non-hydrogen) atoms. The van der Waals surface area contributed by atoms with E-state index in [4.69, 9.17) is 18.9 Å². The van der Waals surface area contributed by atoms with Crippen molar-refractivity contribution in [3.8, 4) is 11.5 Å². The number of hydrogen-bond acceptors (Lipinski definition) is 6. The minimum absolute atomic E-state index is 0.172. The molecule has 0 fully saturated rings. The average molecular weight is 310 g/mol. The van der Waals surface area contributed by atoms with Crippen molar-refractivity contribution in [1.29, 1.82) is 0 Å². The highest BCUT2D eigenvalue weighted by Gasteiger charge is 2.17. The van der Waals surface area contributed by atoms with Crippen molar-refractivity contribution in [1.82, 2.24) is 0 Å². The quantitative estimate of drug-likeness (QED) is 0.569. The first-order valence-electron chi connectivity index (χ1n) is 6.98. The monoisotopic (exact) mass is 310 g/mol. The highest BCUT2D eigenvalue weighted by Crippen LogP contribution is 2.32. The molecule has 1 rings (SSSR count). The lowest BCUT2D eigenvalue weighted by Gasteiger charge is -2.21. The molecule has 6 heteroatoms. The molecule has 0 aliphatic carbocycles. The Kier molecular flexibility index (Phi) is 6.85. The molecular weight excluding hydrogens is 288 g/mol. The predicted molar refractivity (Wildman–Crippen MR) is 79.9 cm³/mol. The van der Waals surface area contributed by atoms with Gasteiger partial charge in [-0.2, -0.15) is 0 Å². The average Bonchev–Trinajstić information content (AvgIpc) is 2.44. The SMILES string of the molecule is COc1ccc(OC(C)=O)cc1[C@H](C)O[C@@H](C)COC(C)=O. The summed E-state index contributed by atoms with van der Waals surface area (Å²) in [7, 11) is 1.55. The van der Waals surface area contributed by atoms with E-state index >= 15 is 0 Å². The van der Waals surface area contributed by atoms with Gasteiger partial charge in [0.05, 0.1) is 19.3 Å². The lowest BCUT2D eigenvalue weighted by atomic mass is 10.1. The van der Waals surface area contributed by atoms with Crippen molar-refractivity contribution < 1.29 is 28.5 Å². The van der Waals surface area contributed by atoms with Gasteiger partial charge in [-0.3, -0.25) is 9.59 Å². The normalized spacial score (nSPS) is 13.1. The second-order valence-corrected chi connectivity index (χ2v) is 4.89. The maximum atomic E-state index is 11.0. The topological polar surface area (TPSA) is 71.1 Å². The van der Waals surface area contributed by atoms with Crippen LogP contribution in [-0.4, -0.2) is 31.8 Å². The maximum absolute atomic E-state index is 11.0. The molecule has 0 aliphatic rings. The number of rotatable bonds is 7. The summed E-state index contributed by atoms with van der Waals surface area (Å²) < 4.78 is 21.1. The first-order chi connectivity index (χ1) is 10.3. The molecule has 0 saturated carbocycles. The van der Waals surface area contributed by atoms with Gasteiger partial charge in [-0.05, 0) is 32.0 Å². The molecule has 0 saturated heterocycles. The Morgan fingerprint density at radius 2 is 1.82 bits per heavy atom. The van der Waals surface area contributed by atoms with Crippen LogP contribution in [-0.2, 0) is 19.1 Å². The minimum Gasteiger partial charge on any atom is -0.496 e. The summed E-state index contributed by atoms with van der Waals surface area (Å²) in [5.74, 6) is 0.305. The van der Waals surface area contributed by atoms with Crippen molar-refractivity contribution in [3.05, 3.63) is 23.8 Å². The van der Waals surface area contributed by atoms with E-state index in [0.717, 1.165) is 5.56 Å². The van der Waals surface area contributed by atoms with Gasteiger partial charge in [0.2, 0.25) is 0 Å². The van der Waals surface area contributed by atoms with Crippen LogP contribution in [0.4, 0.5) is 0 Å². The molecule has 0 amide bonds. The molecule has 0 aliphatic heterocycles. The van der Waals surface area contributed by atoms with Gasteiger partial charge in [0, 0.05) is 19.4 Å². The van der Waals surface area contributed by atoms with E-state index in [9.17, 15) is 9.59 Å². The standard InChI is InChI=1S/C16H22O6/c1-10(9-20-12(3)17)21-11(2)15-8-14(22-13(4)18)6-7-16(15)19-5/h6-8,10-11H,9H2,1-5H3/t10-,11-/m0/s1. The highest BCUT2D eigenvalue weighted by atomic mass is 16.6. The molecule has 6 nitrogen and oxygen atoms in total. The second-order valence-electron chi connectivity index (χ2n) is 4.89. The van der Waals surface area contributed by atoms with Crippen molar-refractivity contribution >= 4 is 11.9 Å². The van der Waals surface area contributed by atoms with Crippen molar-refractivity contribution in [3.63, 3.8) is 0 Å². The van der Waals surface area contributed by atoms with E-state index in [-0.39, 0.29) is 24.8 Å². The summed E-state index contributed by atoms with van der Waals surface area (Å²) >= 11 is 0. The van der Waals surface area contributed by atoms with Crippen LogP contribution < -0.4 is 9.47 Å². The van der Waals surface area contributed by atoms with Crippen LogP contribution in [0.5, 0.6) is 11.5 Å². The Morgan fingerprint density at radius 1 is 1.14 bits per heavy atom. The molecule has 1 aromatic carbocycles. The summed E-state index contributed by atoms with van der Waals surface area (Å²) in [6.45, 7) is 6.51. The van der Waals surface area contributed by atoms with Crippen LogP contribution >= 0.6 is 0 Å². The van der Waals surface area contributed by atoms with Gasteiger partial charge in [0.25, 0.3) is 0 Å². The molecular formula is C16H22O6. The fourth-order valence-electron chi connectivity index (χ4n) is 1.96. The molecule has 0 aromatic heterocycles. The lowest BCUT2D eigenvalue weighted by Crippen LogP contribution is -2.20. The number of ether oxygens (including phenoxy) is 4. The maximum Gasteiger partial charge on any atom is 0.308 e. The van der Waals surface area contributed by atoms with E-state index in [0.29, 0.717) is 11.5 Å². The first-order valence-corrected chi connectivity index (χ1v) is 6.98. The molecule has 0 bridgehead atoms. The summed E-state index contributed by atoms with van der Waals surface area (Å²) in [4.78, 5) is 21.8. The van der Waals surface area contributed by atoms with Gasteiger partial charge < -0.3 is 18.9 Å². The van der Waals surface area contributed by atoms with Crippen LogP contribution in [0.2, 0.25) is 0 Å². The van der Waals surface area contributed by atoms with E-state index in [1.54, 1.807) is 25.3 Å². The van der Waals surface area contributed by atoms with Gasteiger partial charge in [-0.1, -0.05) is 0 Å². The summed E-state index contributed by atoms with van der Waals surface area (Å²) in [6.07, 6.45) is -0.600. The van der Waals surface area contributed by atoms with Crippen LogP contribution in [0.25, 0.3) is 0 Å². The zero-order valence-electron chi connectivity index (χ0n) is 13.5. The molecule has 0 N–H and O–H groups in total. The number of esters is 2. The number of hydrogen-bond donors (Lipinski definition) is 0. The zero-order valence-corrected chi connectivity index (χ0v) is 13.5. The molecule has 0 unspecified atom stereocenters. The molecule has 1 aromatic rings. The predicted octanol–water partition coefficient (Wildman–Crippen LogP) is 2.65. The third-order valence-corrected chi connectivity index (χ3v) is 2.86. The molecule has 122 valence electrons. The Bertz CT molecular complexity index is 525. The molecule has 0 spiro atoms. The molecule has 2 atom stereocenters. The summed E-state index contributed by atoms with van der Waals surface area (Å²) in [5.41, 5.74) is 0.746. The van der Waals surface area contributed by atoms with Gasteiger partial charge in [0.15, 0.2) is 0 Å². The summed E-state index contributed by atoms with van der Waals surface area (Å²) in [5, 5.41) is 0. The number of benzene rings is 1. The van der Waals surface area contributed by atoms with Gasteiger partial charge in [0.1, 0.15) is 18.1 Å². The van der Waals surface area contributed by atoms with Crippen LogP contribution in [0.15, 0.2) is 18.2 Å². The van der Waals surface area contributed by atoms with E-state index < -0.39 is 5.97 Å². The molecule has 0 heterocycles. The Labute approximate surface area is 130 Å². The minimum atomic E-state index is -0.395. The molecule has 0 radical (unpaired) electrons. The van der Waals surface area contributed by atoms with E-state index in [2.05, 4.69) is 0 Å². The second kappa shape index (κ2) is 8.38. The van der Waals surface area contributed by atoms with E-state index in [1.165, 1.54) is 13.8 Å². The summed E-state index contributed by atoms with van der Waals surface area (Å²) in [6, 6.07) is 5.06. The van der Waals surface area contributed by atoms with Gasteiger partial charge >= 0.3 is 11.9 Å². The third kappa shape index (κ3) is 5.73. The first kappa shape index (κ1) is 18.0. The van der Waals surface area contributed by atoms with E-state index in [1.807, 2.05) is 13.8 Å². The highest BCUT2D eigenvalue weighted by molar-refractivity contribution is 5.69. The van der Waals surface area contributed by atoms with Crippen LogP contribution in [0.1, 0.15) is 39.4 Å². The van der Waals surface area contributed by atoms with Crippen molar-refractivity contribution in [2.24, 2.45) is 0 Å². The van der Waals surface area contributed by atoms with Crippen molar-refractivity contribution in [2.75, 3.05) is 13.7 Å². The Balaban J connectivity index is 2.82. The van der Waals surface area contributed by atoms with Crippen LogP contribution in [0, 0.1) is 0 Å². The lowest BCUT2D eigenvalue weighted by molar-refractivity contribution is -0.146. The number of carbonyl (C=O) groups is 2. The van der Waals surface area contributed by atoms with Gasteiger partial charge in [-0.15, -0.1) is 0 Å². The van der Waals surface area contributed by atoms with Crippen LogP contribution in [0.3, 0.4) is 0 Å². The van der Waals surface area contributed by atoms with Gasteiger partial charge in [-0.25, -0.2) is 0 Å². The Hall–Kier alpha value is -2.08. The smallest absolute Gasteiger partial charge is 0.308 e. The third-order valence-electron chi connectivity index (χ3n) is 2.86. The number of methoxy groups -OCH3 is 1. The Morgan fingerprint density at radius 3 is 2.36 bits per heavy atom. The fourth-order valence-corrected chi connectivity index (χ4v) is 1.96. The fraction of sp³-hybridized carbons (Fsp3) is 0.500.